The molecular formula is C13H21N3O4S2. The molecule has 2 saturated heterocycles. The van der Waals surface area contributed by atoms with Gasteiger partial charge in [0.1, 0.15) is 5.60 Å². The molecular weight excluding hydrogens is 326 g/mol. The summed E-state index contributed by atoms with van der Waals surface area (Å²) in [6, 6.07) is 0. The SMILES string of the molecule is CCS(=O)(=O)N1CCO[C@@]2(COCCN(c3nccs3)C2)C1. The topological polar surface area (TPSA) is 72.0 Å². The monoisotopic (exact) mass is 347 g/mol. The van der Waals surface area contributed by atoms with Crippen molar-refractivity contribution in [1.82, 2.24) is 9.29 Å². The molecule has 1 atom stereocenters. The van der Waals surface area contributed by atoms with E-state index in [9.17, 15) is 8.42 Å². The third-order valence-corrected chi connectivity index (χ3v) is 6.67. The maximum absolute atomic E-state index is 12.2. The molecule has 22 heavy (non-hydrogen) atoms. The molecule has 0 aliphatic carbocycles. The minimum Gasteiger partial charge on any atom is -0.376 e. The largest absolute Gasteiger partial charge is 0.376 e. The van der Waals surface area contributed by atoms with E-state index in [4.69, 9.17) is 9.47 Å². The maximum Gasteiger partial charge on any atom is 0.214 e. The first-order valence-corrected chi connectivity index (χ1v) is 9.87. The fraction of sp³-hybridized carbons (Fsp3) is 0.769. The second-order valence-electron chi connectivity index (χ2n) is 5.55. The highest BCUT2D eigenvalue weighted by atomic mass is 32.2. The molecule has 1 aromatic rings. The van der Waals surface area contributed by atoms with E-state index in [1.807, 2.05) is 5.38 Å². The van der Waals surface area contributed by atoms with E-state index in [1.54, 1.807) is 24.5 Å². The molecule has 0 N–H and O–H groups in total. The van der Waals surface area contributed by atoms with Crippen molar-refractivity contribution in [3.63, 3.8) is 0 Å². The van der Waals surface area contributed by atoms with E-state index < -0.39 is 15.6 Å². The number of sulfonamides is 1. The molecule has 0 saturated carbocycles. The van der Waals surface area contributed by atoms with Crippen LogP contribution in [0.25, 0.3) is 0 Å². The van der Waals surface area contributed by atoms with Gasteiger partial charge in [0.25, 0.3) is 0 Å². The molecule has 3 rings (SSSR count). The Kier molecular flexibility index (Phi) is 4.69. The lowest BCUT2D eigenvalue weighted by molar-refractivity contribution is -0.116. The van der Waals surface area contributed by atoms with Crippen LogP contribution >= 0.6 is 11.3 Å². The highest BCUT2D eigenvalue weighted by Gasteiger charge is 2.43. The van der Waals surface area contributed by atoms with Gasteiger partial charge in [-0.05, 0) is 6.92 Å². The third-order valence-electron chi connectivity index (χ3n) is 4.01. The van der Waals surface area contributed by atoms with E-state index in [2.05, 4.69) is 9.88 Å². The lowest BCUT2D eigenvalue weighted by atomic mass is 10.0. The number of morpholine rings is 1. The van der Waals surface area contributed by atoms with E-state index in [-0.39, 0.29) is 5.75 Å². The zero-order chi connectivity index (χ0) is 15.6. The van der Waals surface area contributed by atoms with Crippen molar-refractivity contribution in [3.8, 4) is 0 Å². The summed E-state index contributed by atoms with van der Waals surface area (Å²) in [6.45, 7) is 5.14. The Balaban J connectivity index is 1.81. The lowest BCUT2D eigenvalue weighted by Crippen LogP contribution is -2.60. The summed E-state index contributed by atoms with van der Waals surface area (Å²) in [4.78, 5) is 6.47. The van der Waals surface area contributed by atoms with Gasteiger partial charge in [-0.15, -0.1) is 11.3 Å². The average Bonchev–Trinajstić information content (AvgIpc) is 2.98. The fourth-order valence-corrected chi connectivity index (χ4v) is 4.67. The zero-order valence-electron chi connectivity index (χ0n) is 12.6. The van der Waals surface area contributed by atoms with Crippen molar-refractivity contribution in [2.45, 2.75) is 12.5 Å². The molecule has 9 heteroatoms. The van der Waals surface area contributed by atoms with Crippen molar-refractivity contribution >= 4 is 26.5 Å². The van der Waals surface area contributed by atoms with Gasteiger partial charge >= 0.3 is 0 Å². The molecule has 7 nitrogen and oxygen atoms in total. The van der Waals surface area contributed by atoms with Crippen LogP contribution < -0.4 is 4.90 Å². The molecule has 2 aliphatic rings. The van der Waals surface area contributed by atoms with Crippen LogP contribution in [-0.2, 0) is 19.5 Å². The average molecular weight is 347 g/mol. The molecule has 0 unspecified atom stereocenters. The van der Waals surface area contributed by atoms with Gasteiger partial charge in [-0.1, -0.05) is 0 Å². The molecule has 1 aromatic heterocycles. The first-order chi connectivity index (χ1) is 10.5. The second kappa shape index (κ2) is 6.40. The van der Waals surface area contributed by atoms with Crippen molar-refractivity contribution in [1.29, 1.82) is 0 Å². The summed E-state index contributed by atoms with van der Waals surface area (Å²) >= 11 is 1.57. The third kappa shape index (κ3) is 3.28. The normalized spacial score (nSPS) is 28.0. The van der Waals surface area contributed by atoms with Crippen LogP contribution in [0.15, 0.2) is 11.6 Å². The highest BCUT2D eigenvalue weighted by Crippen LogP contribution is 2.28. The predicted octanol–water partition coefficient (Wildman–Crippen LogP) is 0.400. The standard InChI is InChI=1S/C13H21N3O4S2/c1-2-22(17,18)16-5-7-20-13(10-16)9-15(4-6-19-11-13)12-14-3-8-21-12/h3,8H,2,4-7,9-11H2,1H3/t13-/m1/s1. The van der Waals surface area contributed by atoms with E-state index >= 15 is 0 Å². The van der Waals surface area contributed by atoms with E-state index in [0.29, 0.717) is 39.5 Å². The number of thiazole rings is 1. The molecule has 0 bridgehead atoms. The second-order valence-corrected chi connectivity index (χ2v) is 8.69. The van der Waals surface area contributed by atoms with Gasteiger partial charge in [0, 0.05) is 31.2 Å². The first-order valence-electron chi connectivity index (χ1n) is 7.39. The van der Waals surface area contributed by atoms with Gasteiger partial charge in [0.15, 0.2) is 5.13 Å². The molecule has 2 fully saturated rings. The number of rotatable bonds is 3. The minimum absolute atomic E-state index is 0.111. The Bertz CT molecular complexity index is 592. The van der Waals surface area contributed by atoms with Gasteiger partial charge in [-0.2, -0.15) is 4.31 Å². The van der Waals surface area contributed by atoms with E-state index in [1.165, 1.54) is 4.31 Å². The molecule has 0 amide bonds. The quantitative estimate of drug-likeness (QED) is 0.788. The summed E-state index contributed by atoms with van der Waals surface area (Å²) in [7, 11) is -3.21. The smallest absolute Gasteiger partial charge is 0.214 e. The number of anilines is 1. The summed E-state index contributed by atoms with van der Waals surface area (Å²) in [5.41, 5.74) is -0.622. The van der Waals surface area contributed by atoms with Gasteiger partial charge < -0.3 is 14.4 Å². The van der Waals surface area contributed by atoms with Crippen LogP contribution in [0, 0.1) is 0 Å². The number of hydrogen-bond acceptors (Lipinski definition) is 7. The molecule has 1 spiro atoms. The lowest BCUT2D eigenvalue weighted by Gasteiger charge is -2.42. The summed E-state index contributed by atoms with van der Waals surface area (Å²) in [5, 5.41) is 2.85. The van der Waals surface area contributed by atoms with Crippen molar-refractivity contribution in [2.75, 3.05) is 56.7 Å². The Morgan fingerprint density at radius 1 is 1.36 bits per heavy atom. The molecule has 3 heterocycles. The molecule has 0 radical (unpaired) electrons. The predicted molar refractivity (Wildman–Crippen MR) is 84.9 cm³/mol. The molecule has 2 aliphatic heterocycles. The number of ether oxygens (including phenoxy) is 2. The van der Waals surface area contributed by atoms with Gasteiger partial charge in [0.05, 0.1) is 32.1 Å². The summed E-state index contributed by atoms with van der Waals surface area (Å²) in [5.74, 6) is 0.111. The summed E-state index contributed by atoms with van der Waals surface area (Å²) in [6.07, 6.45) is 1.77. The number of nitrogens with zero attached hydrogens (tertiary/aromatic N) is 3. The Labute approximate surface area is 134 Å². The number of aromatic nitrogens is 1. The van der Waals surface area contributed by atoms with Crippen molar-refractivity contribution < 1.29 is 17.9 Å². The number of hydrogen-bond donors (Lipinski definition) is 0. The van der Waals surface area contributed by atoms with Crippen LogP contribution in [0.2, 0.25) is 0 Å². The zero-order valence-corrected chi connectivity index (χ0v) is 14.2. The van der Waals surface area contributed by atoms with Crippen LogP contribution in [0.5, 0.6) is 0 Å². The van der Waals surface area contributed by atoms with Crippen LogP contribution in [0.3, 0.4) is 0 Å². The van der Waals surface area contributed by atoms with Crippen LogP contribution in [0.4, 0.5) is 5.13 Å². The maximum atomic E-state index is 12.2. The van der Waals surface area contributed by atoms with Gasteiger partial charge in [-0.3, -0.25) is 0 Å². The molecule has 124 valence electrons. The fourth-order valence-electron chi connectivity index (χ4n) is 2.85. The first kappa shape index (κ1) is 16.1. The van der Waals surface area contributed by atoms with Crippen molar-refractivity contribution in [3.05, 3.63) is 11.6 Å². The van der Waals surface area contributed by atoms with Crippen LogP contribution in [-0.4, -0.2) is 75.1 Å². The van der Waals surface area contributed by atoms with Gasteiger partial charge in [-0.25, -0.2) is 13.4 Å². The minimum atomic E-state index is -3.21. The van der Waals surface area contributed by atoms with E-state index in [0.717, 1.165) is 11.7 Å². The Hall–Kier alpha value is -0.740. The highest BCUT2D eigenvalue weighted by molar-refractivity contribution is 7.89. The van der Waals surface area contributed by atoms with Crippen LogP contribution in [0.1, 0.15) is 6.92 Å². The Morgan fingerprint density at radius 3 is 2.95 bits per heavy atom. The van der Waals surface area contributed by atoms with Crippen molar-refractivity contribution in [2.24, 2.45) is 0 Å². The Morgan fingerprint density at radius 2 is 2.23 bits per heavy atom. The molecule has 0 aromatic carbocycles. The summed E-state index contributed by atoms with van der Waals surface area (Å²) < 4.78 is 37.6. The van der Waals surface area contributed by atoms with Gasteiger partial charge in [0.2, 0.25) is 10.0 Å².